The van der Waals surface area contributed by atoms with Gasteiger partial charge in [0, 0.05) is 11.9 Å². The molecule has 0 saturated carbocycles. The van der Waals surface area contributed by atoms with Crippen molar-refractivity contribution in [2.45, 2.75) is 25.6 Å². The van der Waals surface area contributed by atoms with Crippen molar-refractivity contribution in [2.24, 2.45) is 0 Å². The standard InChI is InChI=1S/C11H15NO2/c1-9(10-5-3-4-6-12-10)11(2)13-7-8-14-11/h3-6,9H,7-8H2,1-2H3. The molecule has 1 aliphatic rings. The molecule has 0 radical (unpaired) electrons. The fraction of sp³-hybridized carbons (Fsp3) is 0.545. The number of aromatic nitrogens is 1. The second-order valence-electron chi connectivity index (χ2n) is 3.69. The van der Waals surface area contributed by atoms with Crippen molar-refractivity contribution in [3.05, 3.63) is 30.1 Å². The molecule has 0 bridgehead atoms. The van der Waals surface area contributed by atoms with E-state index in [0.29, 0.717) is 13.2 Å². The molecule has 1 atom stereocenters. The monoisotopic (exact) mass is 193 g/mol. The Kier molecular flexibility index (Phi) is 2.52. The summed E-state index contributed by atoms with van der Waals surface area (Å²) in [4.78, 5) is 4.31. The zero-order valence-corrected chi connectivity index (χ0v) is 8.56. The molecule has 1 aliphatic heterocycles. The number of pyridine rings is 1. The quantitative estimate of drug-likeness (QED) is 0.719. The van der Waals surface area contributed by atoms with Gasteiger partial charge in [0.1, 0.15) is 0 Å². The Balaban J connectivity index is 2.19. The largest absolute Gasteiger partial charge is 0.347 e. The molecular formula is C11H15NO2. The SMILES string of the molecule is CC(c1ccccn1)C1(C)OCCO1. The summed E-state index contributed by atoms with van der Waals surface area (Å²) in [5.41, 5.74) is 1.01. The van der Waals surface area contributed by atoms with Gasteiger partial charge in [-0.25, -0.2) is 0 Å². The number of ether oxygens (including phenoxy) is 2. The van der Waals surface area contributed by atoms with Gasteiger partial charge in [-0.2, -0.15) is 0 Å². The number of hydrogen-bond donors (Lipinski definition) is 0. The van der Waals surface area contributed by atoms with Crippen molar-refractivity contribution < 1.29 is 9.47 Å². The second kappa shape index (κ2) is 3.67. The van der Waals surface area contributed by atoms with Gasteiger partial charge in [-0.05, 0) is 19.1 Å². The lowest BCUT2D eigenvalue weighted by atomic mass is 9.98. The smallest absolute Gasteiger partial charge is 0.173 e. The van der Waals surface area contributed by atoms with Crippen molar-refractivity contribution >= 4 is 0 Å². The number of nitrogens with zero attached hydrogens (tertiary/aromatic N) is 1. The van der Waals surface area contributed by atoms with Gasteiger partial charge < -0.3 is 9.47 Å². The Labute approximate surface area is 84.1 Å². The topological polar surface area (TPSA) is 31.4 Å². The summed E-state index contributed by atoms with van der Waals surface area (Å²) >= 11 is 0. The highest BCUT2D eigenvalue weighted by atomic mass is 16.7. The molecule has 0 spiro atoms. The summed E-state index contributed by atoms with van der Waals surface area (Å²) in [6, 6.07) is 5.90. The first kappa shape index (κ1) is 9.62. The van der Waals surface area contributed by atoms with Crippen molar-refractivity contribution in [2.75, 3.05) is 13.2 Å². The predicted molar refractivity (Wildman–Crippen MR) is 53.0 cm³/mol. The molecule has 0 aliphatic carbocycles. The third-order valence-corrected chi connectivity index (χ3v) is 2.78. The lowest BCUT2D eigenvalue weighted by Crippen LogP contribution is -2.32. The van der Waals surface area contributed by atoms with Gasteiger partial charge in [0.25, 0.3) is 0 Å². The minimum atomic E-state index is -0.506. The van der Waals surface area contributed by atoms with Crippen molar-refractivity contribution in [1.29, 1.82) is 0 Å². The molecule has 2 rings (SSSR count). The van der Waals surface area contributed by atoms with E-state index in [1.807, 2.05) is 25.1 Å². The van der Waals surface area contributed by atoms with E-state index in [1.165, 1.54) is 0 Å². The first-order valence-corrected chi connectivity index (χ1v) is 4.91. The van der Waals surface area contributed by atoms with E-state index in [2.05, 4.69) is 11.9 Å². The highest BCUT2D eigenvalue weighted by Gasteiger charge is 2.38. The molecule has 1 saturated heterocycles. The van der Waals surface area contributed by atoms with E-state index in [-0.39, 0.29) is 5.92 Å². The number of rotatable bonds is 2. The van der Waals surface area contributed by atoms with E-state index in [9.17, 15) is 0 Å². The molecule has 0 aromatic carbocycles. The summed E-state index contributed by atoms with van der Waals surface area (Å²) in [6.07, 6.45) is 1.80. The molecule has 1 aromatic heterocycles. The third kappa shape index (κ3) is 1.65. The van der Waals surface area contributed by atoms with E-state index in [0.717, 1.165) is 5.69 Å². The maximum Gasteiger partial charge on any atom is 0.173 e. The minimum Gasteiger partial charge on any atom is -0.347 e. The lowest BCUT2D eigenvalue weighted by Gasteiger charge is -2.28. The Morgan fingerprint density at radius 1 is 1.36 bits per heavy atom. The van der Waals surface area contributed by atoms with Gasteiger partial charge >= 0.3 is 0 Å². The summed E-state index contributed by atoms with van der Waals surface area (Å²) in [6.45, 7) is 5.40. The normalized spacial score (nSPS) is 22.1. The van der Waals surface area contributed by atoms with Crippen LogP contribution < -0.4 is 0 Å². The second-order valence-corrected chi connectivity index (χ2v) is 3.69. The zero-order valence-electron chi connectivity index (χ0n) is 8.56. The first-order valence-electron chi connectivity index (χ1n) is 4.91. The van der Waals surface area contributed by atoms with Crippen LogP contribution >= 0.6 is 0 Å². The number of hydrogen-bond acceptors (Lipinski definition) is 3. The van der Waals surface area contributed by atoms with E-state index in [1.54, 1.807) is 6.20 Å². The first-order chi connectivity index (χ1) is 6.72. The molecule has 76 valence electrons. The van der Waals surface area contributed by atoms with E-state index >= 15 is 0 Å². The van der Waals surface area contributed by atoms with Gasteiger partial charge in [-0.1, -0.05) is 13.0 Å². The molecule has 1 fully saturated rings. The Bertz CT molecular complexity index is 293. The Hall–Kier alpha value is -0.930. The van der Waals surface area contributed by atoms with Crippen LogP contribution in [0, 0.1) is 0 Å². The van der Waals surface area contributed by atoms with Gasteiger partial charge in [0.05, 0.1) is 19.1 Å². The van der Waals surface area contributed by atoms with Gasteiger partial charge in [0.2, 0.25) is 0 Å². The summed E-state index contributed by atoms with van der Waals surface area (Å²) in [5, 5.41) is 0. The van der Waals surface area contributed by atoms with Crippen molar-refractivity contribution in [3.63, 3.8) is 0 Å². The highest BCUT2D eigenvalue weighted by molar-refractivity contribution is 5.11. The van der Waals surface area contributed by atoms with Crippen LogP contribution in [0.15, 0.2) is 24.4 Å². The Morgan fingerprint density at radius 3 is 2.64 bits per heavy atom. The van der Waals surface area contributed by atoms with Crippen LogP contribution in [-0.2, 0) is 9.47 Å². The molecule has 3 nitrogen and oxygen atoms in total. The van der Waals surface area contributed by atoms with Crippen LogP contribution in [0.1, 0.15) is 25.5 Å². The highest BCUT2D eigenvalue weighted by Crippen LogP contribution is 2.33. The molecule has 14 heavy (non-hydrogen) atoms. The van der Waals surface area contributed by atoms with Crippen molar-refractivity contribution in [3.8, 4) is 0 Å². The van der Waals surface area contributed by atoms with Crippen LogP contribution in [-0.4, -0.2) is 24.0 Å². The predicted octanol–water partition coefficient (Wildman–Crippen LogP) is 1.95. The van der Waals surface area contributed by atoms with Gasteiger partial charge in [-0.3, -0.25) is 4.98 Å². The summed E-state index contributed by atoms with van der Waals surface area (Å²) in [5.74, 6) is -0.347. The summed E-state index contributed by atoms with van der Waals surface area (Å²) in [7, 11) is 0. The molecule has 1 unspecified atom stereocenters. The van der Waals surface area contributed by atoms with Crippen LogP contribution in [0.25, 0.3) is 0 Å². The minimum absolute atomic E-state index is 0.159. The zero-order chi connectivity index (χ0) is 10.0. The summed E-state index contributed by atoms with van der Waals surface area (Å²) < 4.78 is 11.2. The maximum absolute atomic E-state index is 5.59. The Morgan fingerprint density at radius 2 is 2.07 bits per heavy atom. The fourth-order valence-electron chi connectivity index (χ4n) is 1.68. The van der Waals surface area contributed by atoms with Gasteiger partial charge in [0.15, 0.2) is 5.79 Å². The average Bonchev–Trinajstić information content (AvgIpc) is 2.67. The van der Waals surface area contributed by atoms with Crippen LogP contribution in [0.3, 0.4) is 0 Å². The molecular weight excluding hydrogens is 178 g/mol. The molecule has 0 amide bonds. The third-order valence-electron chi connectivity index (χ3n) is 2.78. The molecule has 3 heteroatoms. The fourth-order valence-corrected chi connectivity index (χ4v) is 1.68. The molecule has 2 heterocycles. The molecule has 0 N–H and O–H groups in total. The van der Waals surface area contributed by atoms with Gasteiger partial charge in [-0.15, -0.1) is 0 Å². The maximum atomic E-state index is 5.59. The van der Waals surface area contributed by atoms with Crippen LogP contribution in [0.2, 0.25) is 0 Å². The van der Waals surface area contributed by atoms with E-state index < -0.39 is 5.79 Å². The van der Waals surface area contributed by atoms with Crippen LogP contribution in [0.5, 0.6) is 0 Å². The molecule has 1 aromatic rings. The van der Waals surface area contributed by atoms with Crippen LogP contribution in [0.4, 0.5) is 0 Å². The lowest BCUT2D eigenvalue weighted by molar-refractivity contribution is -0.157. The van der Waals surface area contributed by atoms with Crippen molar-refractivity contribution in [1.82, 2.24) is 4.98 Å². The van der Waals surface area contributed by atoms with E-state index in [4.69, 9.17) is 9.47 Å². The average molecular weight is 193 g/mol.